The standard InChI is InChI=1S/C12H24NO2/c1-2-3-4-5-6-7-8-9-10-11-12(14)13-15/h2-11H2,1H3,(H-,13,14,15)/q-1. The van der Waals surface area contributed by atoms with Gasteiger partial charge >= 0.3 is 0 Å². The molecule has 0 spiro atoms. The molecule has 3 nitrogen and oxygen atoms in total. The highest BCUT2D eigenvalue weighted by atomic mass is 16.5. The van der Waals surface area contributed by atoms with Crippen molar-refractivity contribution in [3.63, 3.8) is 0 Å². The Morgan fingerprint density at radius 1 is 0.933 bits per heavy atom. The highest BCUT2D eigenvalue weighted by molar-refractivity contribution is 5.76. The van der Waals surface area contributed by atoms with E-state index in [0.29, 0.717) is 6.42 Å². The van der Waals surface area contributed by atoms with Gasteiger partial charge in [-0.1, -0.05) is 58.3 Å². The molecule has 0 saturated carbocycles. The van der Waals surface area contributed by atoms with Crippen molar-refractivity contribution in [1.82, 2.24) is 5.48 Å². The number of hydrogen-bond acceptors (Lipinski definition) is 2. The van der Waals surface area contributed by atoms with Gasteiger partial charge in [0.1, 0.15) is 0 Å². The fourth-order valence-electron chi connectivity index (χ4n) is 1.65. The second-order valence-electron chi connectivity index (χ2n) is 4.10. The lowest BCUT2D eigenvalue weighted by atomic mass is 10.1. The largest absolute Gasteiger partial charge is 0.759 e. The Balaban J connectivity index is 2.95. The summed E-state index contributed by atoms with van der Waals surface area (Å²) in [5.41, 5.74) is 1.40. The lowest BCUT2D eigenvalue weighted by molar-refractivity contribution is -0.120. The highest BCUT2D eigenvalue weighted by Crippen LogP contribution is 2.10. The summed E-state index contributed by atoms with van der Waals surface area (Å²) >= 11 is 0. The predicted molar refractivity (Wildman–Crippen MR) is 63.4 cm³/mol. The number of rotatable bonds is 10. The van der Waals surface area contributed by atoms with Crippen LogP contribution in [-0.4, -0.2) is 5.91 Å². The molecular formula is C12H24NO2-. The van der Waals surface area contributed by atoms with E-state index in [2.05, 4.69) is 6.92 Å². The van der Waals surface area contributed by atoms with Crippen LogP contribution in [0.3, 0.4) is 0 Å². The molecule has 0 aromatic heterocycles. The van der Waals surface area contributed by atoms with E-state index in [1.165, 1.54) is 50.4 Å². The van der Waals surface area contributed by atoms with Gasteiger partial charge in [0.2, 0.25) is 5.91 Å². The summed E-state index contributed by atoms with van der Waals surface area (Å²) in [6.45, 7) is 2.22. The van der Waals surface area contributed by atoms with Crippen molar-refractivity contribution in [2.24, 2.45) is 0 Å². The normalized spacial score (nSPS) is 10.3. The number of carbonyl (C=O) groups is 1. The summed E-state index contributed by atoms with van der Waals surface area (Å²) in [5.74, 6) is -0.377. The Hall–Kier alpha value is -0.570. The highest BCUT2D eigenvalue weighted by Gasteiger charge is 1.95. The lowest BCUT2D eigenvalue weighted by Gasteiger charge is -2.06. The first-order valence-corrected chi connectivity index (χ1v) is 6.22. The lowest BCUT2D eigenvalue weighted by Crippen LogP contribution is -2.14. The van der Waals surface area contributed by atoms with Crippen molar-refractivity contribution in [2.75, 3.05) is 0 Å². The Bertz CT molecular complexity index is 149. The van der Waals surface area contributed by atoms with E-state index in [0.717, 1.165) is 12.8 Å². The van der Waals surface area contributed by atoms with Gasteiger partial charge in [-0.2, -0.15) is 0 Å². The second kappa shape index (κ2) is 11.5. The minimum Gasteiger partial charge on any atom is -0.759 e. The summed E-state index contributed by atoms with van der Waals surface area (Å²) in [5, 5.41) is 9.90. The first-order chi connectivity index (χ1) is 7.31. The average Bonchev–Trinajstić information content (AvgIpc) is 2.26. The molecule has 0 aromatic carbocycles. The van der Waals surface area contributed by atoms with Crippen LogP contribution in [0.1, 0.15) is 71.1 Å². The number of hydroxylamine groups is 1. The van der Waals surface area contributed by atoms with Gasteiger partial charge < -0.3 is 10.7 Å². The van der Waals surface area contributed by atoms with Crippen molar-refractivity contribution < 1.29 is 4.79 Å². The molecule has 0 radical (unpaired) electrons. The van der Waals surface area contributed by atoms with E-state index >= 15 is 0 Å². The van der Waals surface area contributed by atoms with Gasteiger partial charge in [-0.3, -0.25) is 4.79 Å². The summed E-state index contributed by atoms with van der Waals surface area (Å²) in [4.78, 5) is 10.6. The third kappa shape index (κ3) is 11.4. The zero-order valence-corrected chi connectivity index (χ0v) is 9.89. The van der Waals surface area contributed by atoms with Gasteiger partial charge in [0.05, 0.1) is 0 Å². The molecule has 15 heavy (non-hydrogen) atoms. The smallest absolute Gasteiger partial charge is 0.209 e. The summed E-state index contributed by atoms with van der Waals surface area (Å²) in [6, 6.07) is 0. The summed E-state index contributed by atoms with van der Waals surface area (Å²) in [6.07, 6.45) is 11.4. The van der Waals surface area contributed by atoms with Crippen LogP contribution in [-0.2, 0) is 4.79 Å². The van der Waals surface area contributed by atoms with Crippen molar-refractivity contribution in [3.05, 3.63) is 5.21 Å². The number of amides is 1. The number of hydrogen-bond donors (Lipinski definition) is 1. The van der Waals surface area contributed by atoms with Crippen molar-refractivity contribution in [3.8, 4) is 0 Å². The molecule has 3 heteroatoms. The zero-order chi connectivity index (χ0) is 11.4. The van der Waals surface area contributed by atoms with Crippen LogP contribution in [0.15, 0.2) is 0 Å². The van der Waals surface area contributed by atoms with Crippen LogP contribution in [0.2, 0.25) is 0 Å². The molecular weight excluding hydrogens is 190 g/mol. The van der Waals surface area contributed by atoms with Gasteiger partial charge in [0.15, 0.2) is 0 Å². The Morgan fingerprint density at radius 2 is 1.40 bits per heavy atom. The molecule has 0 unspecified atom stereocenters. The van der Waals surface area contributed by atoms with Gasteiger partial charge in [-0.15, -0.1) is 0 Å². The molecule has 90 valence electrons. The number of carbonyl (C=O) groups excluding carboxylic acids is 1. The van der Waals surface area contributed by atoms with Gasteiger partial charge in [0, 0.05) is 6.42 Å². The SMILES string of the molecule is CCCCCCCCCCCC(=O)N[O-]. The topological polar surface area (TPSA) is 52.2 Å². The van der Waals surface area contributed by atoms with Crippen LogP contribution >= 0.6 is 0 Å². The van der Waals surface area contributed by atoms with Gasteiger partial charge in [-0.05, 0) is 6.42 Å². The Kier molecular flexibility index (Phi) is 11.1. The summed E-state index contributed by atoms with van der Waals surface area (Å²) in [7, 11) is 0. The van der Waals surface area contributed by atoms with Gasteiger partial charge in [0.25, 0.3) is 0 Å². The first kappa shape index (κ1) is 14.4. The molecule has 1 N–H and O–H groups in total. The van der Waals surface area contributed by atoms with Crippen molar-refractivity contribution in [1.29, 1.82) is 0 Å². The maximum atomic E-state index is 10.6. The number of nitrogens with one attached hydrogen (secondary N) is 1. The van der Waals surface area contributed by atoms with Crippen LogP contribution in [0.25, 0.3) is 0 Å². The average molecular weight is 214 g/mol. The quantitative estimate of drug-likeness (QED) is 0.447. The fourth-order valence-corrected chi connectivity index (χ4v) is 1.65. The van der Waals surface area contributed by atoms with E-state index in [9.17, 15) is 10.0 Å². The molecule has 1 amide bonds. The third-order valence-corrected chi connectivity index (χ3v) is 2.62. The van der Waals surface area contributed by atoms with Gasteiger partial charge in [-0.25, -0.2) is 0 Å². The maximum Gasteiger partial charge on any atom is 0.209 e. The molecule has 0 saturated heterocycles. The molecule has 0 fully saturated rings. The Labute approximate surface area is 93.2 Å². The van der Waals surface area contributed by atoms with Crippen molar-refractivity contribution in [2.45, 2.75) is 71.1 Å². The fraction of sp³-hybridized carbons (Fsp3) is 0.917. The molecule has 0 aliphatic heterocycles. The minimum atomic E-state index is -0.377. The van der Waals surface area contributed by atoms with Crippen LogP contribution in [0.5, 0.6) is 0 Å². The molecule has 0 bridgehead atoms. The van der Waals surface area contributed by atoms with Crippen LogP contribution in [0.4, 0.5) is 0 Å². The monoisotopic (exact) mass is 214 g/mol. The maximum absolute atomic E-state index is 10.6. The molecule has 0 atom stereocenters. The van der Waals surface area contributed by atoms with E-state index < -0.39 is 0 Å². The van der Waals surface area contributed by atoms with Crippen LogP contribution in [0, 0.1) is 5.21 Å². The van der Waals surface area contributed by atoms with E-state index in [1.54, 1.807) is 0 Å². The van der Waals surface area contributed by atoms with E-state index in [1.807, 2.05) is 0 Å². The van der Waals surface area contributed by atoms with E-state index in [4.69, 9.17) is 0 Å². The van der Waals surface area contributed by atoms with Crippen molar-refractivity contribution >= 4 is 5.91 Å². The number of unbranched alkanes of at least 4 members (excludes halogenated alkanes) is 8. The minimum absolute atomic E-state index is 0.377. The molecule has 0 aliphatic rings. The molecule has 0 heterocycles. The van der Waals surface area contributed by atoms with Crippen LogP contribution < -0.4 is 5.48 Å². The molecule has 0 aliphatic carbocycles. The molecule has 0 rings (SSSR count). The third-order valence-electron chi connectivity index (χ3n) is 2.62. The summed E-state index contributed by atoms with van der Waals surface area (Å²) < 4.78 is 0. The van der Waals surface area contributed by atoms with E-state index in [-0.39, 0.29) is 5.91 Å². The second-order valence-corrected chi connectivity index (χ2v) is 4.10. The first-order valence-electron chi connectivity index (χ1n) is 6.22. The Morgan fingerprint density at radius 3 is 1.87 bits per heavy atom. The predicted octanol–water partition coefficient (Wildman–Crippen LogP) is 3.52. The zero-order valence-electron chi connectivity index (χ0n) is 9.89. The molecule has 0 aromatic rings.